The van der Waals surface area contributed by atoms with Crippen LogP contribution in [0.5, 0.6) is 0 Å². The molecule has 180 valence electrons. The predicted molar refractivity (Wildman–Crippen MR) is 138 cm³/mol. The van der Waals surface area contributed by atoms with Crippen molar-refractivity contribution in [2.45, 2.75) is 58.5 Å². The molecule has 1 saturated heterocycles. The molecule has 3 heterocycles. The lowest BCUT2D eigenvalue weighted by Gasteiger charge is -2.23. The minimum Gasteiger partial charge on any atom is -0.350 e. The highest BCUT2D eigenvalue weighted by Gasteiger charge is 2.26. The molecule has 4 rings (SSSR count). The Balaban J connectivity index is 1.66. The molecular formula is C27H33N3O3S. The summed E-state index contributed by atoms with van der Waals surface area (Å²) in [6.45, 7) is 5.80. The second-order valence-corrected chi connectivity index (χ2v) is 10.4. The number of nitrogens with zero attached hydrogens (tertiary/aromatic N) is 3. The third kappa shape index (κ3) is 5.09. The van der Waals surface area contributed by atoms with Gasteiger partial charge in [0.15, 0.2) is 0 Å². The number of pyridine rings is 1. The van der Waals surface area contributed by atoms with Crippen LogP contribution < -0.4 is 5.43 Å². The fourth-order valence-corrected chi connectivity index (χ4v) is 5.56. The SMILES string of the molecule is CCC(C)n1cc(C(=O)N(C)Cc2cc3ccccc3s2)c(=O)c(C(=O)N2CCCCCC2)c1. The molecule has 1 fully saturated rings. The van der Waals surface area contributed by atoms with E-state index in [1.807, 2.05) is 30.5 Å². The summed E-state index contributed by atoms with van der Waals surface area (Å²) >= 11 is 1.64. The molecule has 1 unspecified atom stereocenters. The number of carbonyl (C=O) groups excluding carboxylic acids is 2. The molecule has 0 bridgehead atoms. The standard InChI is InChI=1S/C27H33N3O3S/c1-4-19(2)30-17-22(25(31)23(18-30)27(33)29-13-9-5-6-10-14-29)26(32)28(3)16-21-15-20-11-7-8-12-24(20)34-21/h7-8,11-12,15,17-19H,4-6,9-10,13-14,16H2,1-3H3. The summed E-state index contributed by atoms with van der Waals surface area (Å²) in [5.74, 6) is -0.615. The maximum absolute atomic E-state index is 13.4. The molecule has 0 saturated carbocycles. The van der Waals surface area contributed by atoms with E-state index in [-0.39, 0.29) is 29.0 Å². The molecule has 7 heteroatoms. The molecule has 0 radical (unpaired) electrons. The number of aromatic nitrogens is 1. The van der Waals surface area contributed by atoms with Gasteiger partial charge in [-0.3, -0.25) is 14.4 Å². The van der Waals surface area contributed by atoms with E-state index in [4.69, 9.17) is 0 Å². The Bertz CT molecular complexity index is 1200. The summed E-state index contributed by atoms with van der Waals surface area (Å²) in [7, 11) is 1.71. The maximum atomic E-state index is 13.4. The molecular weight excluding hydrogens is 446 g/mol. The number of hydrogen-bond donors (Lipinski definition) is 0. The zero-order valence-corrected chi connectivity index (χ0v) is 21.1. The predicted octanol–water partition coefficient (Wildman–Crippen LogP) is 5.32. The van der Waals surface area contributed by atoms with Gasteiger partial charge < -0.3 is 14.4 Å². The first-order valence-electron chi connectivity index (χ1n) is 12.2. The number of thiophene rings is 1. The Labute approximate surface area is 204 Å². The molecule has 6 nitrogen and oxygen atoms in total. The summed E-state index contributed by atoms with van der Waals surface area (Å²) in [5.41, 5.74) is -0.310. The smallest absolute Gasteiger partial charge is 0.259 e. The Morgan fingerprint density at radius 2 is 1.74 bits per heavy atom. The summed E-state index contributed by atoms with van der Waals surface area (Å²) in [6.07, 6.45) is 8.19. The van der Waals surface area contributed by atoms with Crippen molar-refractivity contribution in [2.24, 2.45) is 0 Å². The van der Waals surface area contributed by atoms with E-state index in [0.29, 0.717) is 19.6 Å². The van der Waals surface area contributed by atoms with E-state index in [2.05, 4.69) is 18.2 Å². The van der Waals surface area contributed by atoms with Gasteiger partial charge in [-0.15, -0.1) is 11.3 Å². The highest BCUT2D eigenvalue weighted by Crippen LogP contribution is 2.26. The number of amides is 2. The van der Waals surface area contributed by atoms with E-state index in [9.17, 15) is 14.4 Å². The highest BCUT2D eigenvalue weighted by molar-refractivity contribution is 7.19. The van der Waals surface area contributed by atoms with Gasteiger partial charge in [0.2, 0.25) is 5.43 Å². The lowest BCUT2D eigenvalue weighted by molar-refractivity contribution is 0.0758. The van der Waals surface area contributed by atoms with Crippen molar-refractivity contribution in [3.63, 3.8) is 0 Å². The molecule has 1 aromatic carbocycles. The second kappa shape index (κ2) is 10.6. The van der Waals surface area contributed by atoms with Gasteiger partial charge in [-0.25, -0.2) is 0 Å². The van der Waals surface area contributed by atoms with Crippen LogP contribution in [-0.2, 0) is 6.54 Å². The van der Waals surface area contributed by atoms with Crippen LogP contribution in [0.4, 0.5) is 0 Å². The monoisotopic (exact) mass is 479 g/mol. The van der Waals surface area contributed by atoms with Crippen molar-refractivity contribution < 1.29 is 9.59 Å². The van der Waals surface area contributed by atoms with Crippen molar-refractivity contribution in [1.29, 1.82) is 0 Å². The minimum absolute atomic E-state index is 0.0598. The van der Waals surface area contributed by atoms with Crippen LogP contribution in [-0.4, -0.2) is 46.3 Å². The van der Waals surface area contributed by atoms with Crippen LogP contribution in [0, 0.1) is 0 Å². The van der Waals surface area contributed by atoms with E-state index < -0.39 is 5.43 Å². The summed E-state index contributed by atoms with van der Waals surface area (Å²) < 4.78 is 3.02. The number of rotatable bonds is 6. The van der Waals surface area contributed by atoms with Crippen LogP contribution in [0.1, 0.15) is 77.6 Å². The zero-order chi connectivity index (χ0) is 24.2. The minimum atomic E-state index is -0.470. The van der Waals surface area contributed by atoms with Gasteiger partial charge in [0.25, 0.3) is 11.8 Å². The van der Waals surface area contributed by atoms with Crippen LogP contribution in [0.25, 0.3) is 10.1 Å². The molecule has 1 aliphatic heterocycles. The van der Waals surface area contributed by atoms with Crippen molar-refractivity contribution >= 4 is 33.2 Å². The van der Waals surface area contributed by atoms with Crippen LogP contribution in [0.2, 0.25) is 0 Å². The molecule has 2 aromatic heterocycles. The number of benzene rings is 1. The average Bonchev–Trinajstić information content (AvgIpc) is 3.05. The van der Waals surface area contributed by atoms with E-state index in [0.717, 1.165) is 42.4 Å². The third-order valence-corrected chi connectivity index (χ3v) is 7.82. The van der Waals surface area contributed by atoms with Crippen LogP contribution in [0.15, 0.2) is 47.5 Å². The van der Waals surface area contributed by atoms with E-state index in [1.165, 1.54) is 4.70 Å². The summed E-state index contributed by atoms with van der Waals surface area (Å²) in [4.78, 5) is 44.6. The maximum Gasteiger partial charge on any atom is 0.259 e. The molecule has 34 heavy (non-hydrogen) atoms. The second-order valence-electron chi connectivity index (χ2n) is 9.24. The zero-order valence-electron chi connectivity index (χ0n) is 20.3. The molecule has 1 atom stereocenters. The van der Waals surface area contributed by atoms with Crippen molar-refractivity contribution in [3.8, 4) is 0 Å². The third-order valence-electron chi connectivity index (χ3n) is 6.72. The lowest BCUT2D eigenvalue weighted by Crippen LogP contribution is -2.38. The van der Waals surface area contributed by atoms with Crippen molar-refractivity contribution in [3.05, 3.63) is 69.0 Å². The fraction of sp³-hybridized carbons (Fsp3) is 0.444. The fourth-order valence-electron chi connectivity index (χ4n) is 4.44. The Kier molecular flexibility index (Phi) is 7.51. The summed E-state index contributed by atoms with van der Waals surface area (Å²) in [5, 5.41) is 1.15. The van der Waals surface area contributed by atoms with E-state index in [1.54, 1.807) is 40.6 Å². The van der Waals surface area contributed by atoms with Gasteiger partial charge in [0, 0.05) is 48.1 Å². The molecule has 3 aromatic rings. The van der Waals surface area contributed by atoms with Crippen molar-refractivity contribution in [1.82, 2.24) is 14.4 Å². The Morgan fingerprint density at radius 1 is 1.06 bits per heavy atom. The molecule has 0 spiro atoms. The number of fused-ring (bicyclic) bond motifs is 1. The van der Waals surface area contributed by atoms with Crippen LogP contribution in [0.3, 0.4) is 0 Å². The Morgan fingerprint density at radius 3 is 2.41 bits per heavy atom. The topological polar surface area (TPSA) is 62.6 Å². The van der Waals surface area contributed by atoms with Gasteiger partial charge in [-0.2, -0.15) is 0 Å². The van der Waals surface area contributed by atoms with Crippen LogP contribution >= 0.6 is 11.3 Å². The largest absolute Gasteiger partial charge is 0.350 e. The van der Waals surface area contributed by atoms with Crippen molar-refractivity contribution in [2.75, 3.05) is 20.1 Å². The molecule has 2 amide bonds. The Hall–Kier alpha value is -2.93. The molecule has 0 aliphatic carbocycles. The highest BCUT2D eigenvalue weighted by atomic mass is 32.1. The van der Waals surface area contributed by atoms with Gasteiger partial charge in [0.1, 0.15) is 11.1 Å². The average molecular weight is 480 g/mol. The number of carbonyl (C=O) groups is 2. The normalized spacial score (nSPS) is 15.2. The first-order valence-corrected chi connectivity index (χ1v) is 13.0. The van der Waals surface area contributed by atoms with Gasteiger partial charge >= 0.3 is 0 Å². The molecule has 1 aliphatic rings. The van der Waals surface area contributed by atoms with Gasteiger partial charge in [-0.05, 0) is 43.7 Å². The lowest BCUT2D eigenvalue weighted by atomic mass is 10.1. The first kappa shape index (κ1) is 24.2. The van der Waals surface area contributed by atoms with Gasteiger partial charge in [0.05, 0.1) is 6.54 Å². The molecule has 0 N–H and O–H groups in total. The van der Waals surface area contributed by atoms with Gasteiger partial charge in [-0.1, -0.05) is 38.0 Å². The quantitative estimate of drug-likeness (QED) is 0.481. The van der Waals surface area contributed by atoms with E-state index >= 15 is 0 Å². The number of likely N-dealkylation sites (tertiary alicyclic amines) is 1. The summed E-state index contributed by atoms with van der Waals surface area (Å²) in [6, 6.07) is 10.3. The number of hydrogen-bond acceptors (Lipinski definition) is 4. The first-order chi connectivity index (χ1) is 16.4.